The van der Waals surface area contributed by atoms with Crippen LogP contribution in [-0.2, 0) is 4.74 Å². The minimum absolute atomic E-state index is 0.145. The summed E-state index contributed by atoms with van der Waals surface area (Å²) in [5.41, 5.74) is 1.48. The van der Waals surface area contributed by atoms with Crippen LogP contribution in [-0.4, -0.2) is 24.3 Å². The van der Waals surface area contributed by atoms with E-state index in [1.54, 1.807) is 11.3 Å². The predicted octanol–water partition coefficient (Wildman–Crippen LogP) is 2.11. The SMILES string of the molecule is CCOCOc1ccc2nc(NC(=O)c3cccc([I+]c4cccs4)c3)sc2c1. The largest absolute Gasteiger partial charge is 0.468 e. The number of amides is 1. The number of nitrogens with one attached hydrogen (secondary N) is 1. The van der Waals surface area contributed by atoms with Gasteiger partial charge in [0.25, 0.3) is 5.91 Å². The summed E-state index contributed by atoms with van der Waals surface area (Å²) in [7, 11) is 0. The van der Waals surface area contributed by atoms with Gasteiger partial charge in [0.05, 0.1) is 10.2 Å². The molecule has 0 bridgehead atoms. The van der Waals surface area contributed by atoms with Crippen molar-refractivity contribution in [1.82, 2.24) is 4.98 Å². The third-order valence-electron chi connectivity index (χ3n) is 3.87. The van der Waals surface area contributed by atoms with Crippen LogP contribution in [0.3, 0.4) is 0 Å². The van der Waals surface area contributed by atoms with Crippen molar-refractivity contribution >= 4 is 43.9 Å². The van der Waals surface area contributed by atoms with Gasteiger partial charge in [-0.15, -0.1) is 0 Å². The number of benzene rings is 2. The number of rotatable bonds is 8. The Hall–Kier alpha value is -2.01. The Balaban J connectivity index is 1.45. The molecule has 0 aliphatic heterocycles. The van der Waals surface area contributed by atoms with Crippen molar-refractivity contribution in [3.8, 4) is 5.75 Å². The number of anilines is 1. The van der Waals surface area contributed by atoms with Gasteiger partial charge in [-0.05, 0) is 48.7 Å². The van der Waals surface area contributed by atoms with Crippen molar-refractivity contribution in [3.05, 3.63) is 72.0 Å². The average Bonchev–Trinajstić information content (AvgIpc) is 3.37. The van der Waals surface area contributed by atoms with Gasteiger partial charge < -0.3 is 9.47 Å². The van der Waals surface area contributed by atoms with Crippen LogP contribution in [0.4, 0.5) is 5.13 Å². The molecule has 1 N–H and O–H groups in total. The van der Waals surface area contributed by atoms with Crippen LogP contribution in [0.15, 0.2) is 60.0 Å². The zero-order chi connectivity index (χ0) is 20.1. The van der Waals surface area contributed by atoms with Gasteiger partial charge in [-0.2, -0.15) is 0 Å². The number of thiophene rings is 1. The van der Waals surface area contributed by atoms with Gasteiger partial charge in [-0.25, -0.2) is 4.98 Å². The first kappa shape index (κ1) is 20.3. The number of carbonyl (C=O) groups excluding carboxylic acids is 1. The summed E-state index contributed by atoms with van der Waals surface area (Å²) >= 11 is 2.93. The van der Waals surface area contributed by atoms with Crippen LogP contribution < -0.4 is 31.3 Å². The fraction of sp³-hybridized carbons (Fsp3) is 0.143. The fourth-order valence-electron chi connectivity index (χ4n) is 2.52. The van der Waals surface area contributed by atoms with Crippen LogP contribution in [0.2, 0.25) is 0 Å². The fourth-order valence-corrected chi connectivity index (χ4v) is 7.20. The van der Waals surface area contributed by atoms with Crippen LogP contribution in [0.1, 0.15) is 17.3 Å². The first-order chi connectivity index (χ1) is 14.2. The van der Waals surface area contributed by atoms with Gasteiger partial charge in [-0.1, -0.05) is 28.7 Å². The third-order valence-corrected chi connectivity index (χ3v) is 8.92. The number of carbonyl (C=O) groups is 1. The second-order valence-corrected chi connectivity index (χ2v) is 11.5. The summed E-state index contributed by atoms with van der Waals surface area (Å²) in [6.45, 7) is 2.74. The van der Waals surface area contributed by atoms with Crippen molar-refractivity contribution in [3.63, 3.8) is 0 Å². The van der Waals surface area contributed by atoms with Crippen LogP contribution in [0.25, 0.3) is 10.2 Å². The summed E-state index contributed by atoms with van der Waals surface area (Å²) in [5, 5.41) is 5.59. The molecule has 4 rings (SSSR count). The Bertz CT molecular complexity index is 1110. The molecule has 0 spiro atoms. The normalized spacial score (nSPS) is 10.9. The summed E-state index contributed by atoms with van der Waals surface area (Å²) in [6, 6.07) is 17.7. The third kappa shape index (κ3) is 5.33. The van der Waals surface area contributed by atoms with E-state index in [0.717, 1.165) is 16.0 Å². The van der Waals surface area contributed by atoms with E-state index < -0.39 is 0 Å². The van der Waals surface area contributed by atoms with Gasteiger partial charge in [0.2, 0.25) is 2.88 Å². The molecule has 0 saturated carbocycles. The molecule has 29 heavy (non-hydrogen) atoms. The number of ether oxygens (including phenoxy) is 2. The highest BCUT2D eigenvalue weighted by molar-refractivity contribution is 7.22. The lowest BCUT2D eigenvalue weighted by molar-refractivity contribution is -0.591. The highest BCUT2D eigenvalue weighted by Gasteiger charge is 2.19. The molecule has 8 heteroatoms. The van der Waals surface area contributed by atoms with E-state index in [4.69, 9.17) is 9.47 Å². The Morgan fingerprint density at radius 3 is 2.93 bits per heavy atom. The van der Waals surface area contributed by atoms with Gasteiger partial charge in [0, 0.05) is 24.3 Å². The van der Waals surface area contributed by atoms with E-state index in [9.17, 15) is 4.79 Å². The van der Waals surface area contributed by atoms with E-state index in [1.807, 2.05) is 43.3 Å². The average molecular weight is 537 g/mol. The number of halogens is 1. The highest BCUT2D eigenvalue weighted by atomic mass is 127. The maximum absolute atomic E-state index is 12.7. The zero-order valence-electron chi connectivity index (χ0n) is 15.6. The Labute approximate surface area is 187 Å². The van der Waals surface area contributed by atoms with Gasteiger partial charge in [0.15, 0.2) is 15.5 Å². The number of fused-ring (bicyclic) bond motifs is 1. The molecule has 2 aromatic carbocycles. The minimum atomic E-state index is -0.263. The van der Waals surface area contributed by atoms with Crippen molar-refractivity contribution in [1.29, 1.82) is 0 Å². The number of hydrogen-bond acceptors (Lipinski definition) is 6. The van der Waals surface area contributed by atoms with E-state index in [2.05, 4.69) is 33.9 Å². The van der Waals surface area contributed by atoms with Crippen molar-refractivity contribution < 1.29 is 35.5 Å². The predicted molar refractivity (Wildman–Crippen MR) is 113 cm³/mol. The first-order valence-corrected chi connectivity index (χ1v) is 12.8. The lowest BCUT2D eigenvalue weighted by Gasteiger charge is -2.04. The van der Waals surface area contributed by atoms with Crippen molar-refractivity contribution in [2.75, 3.05) is 18.7 Å². The van der Waals surface area contributed by atoms with Crippen LogP contribution in [0.5, 0.6) is 5.75 Å². The van der Waals surface area contributed by atoms with Crippen LogP contribution in [0, 0.1) is 6.45 Å². The molecule has 1 amide bonds. The van der Waals surface area contributed by atoms with Gasteiger partial charge in [-0.3, -0.25) is 10.1 Å². The lowest BCUT2D eigenvalue weighted by Crippen LogP contribution is -3.61. The molecule has 0 unspecified atom stereocenters. The lowest BCUT2D eigenvalue weighted by atomic mass is 10.2. The highest BCUT2D eigenvalue weighted by Crippen LogP contribution is 2.29. The second-order valence-electron chi connectivity index (χ2n) is 5.88. The standard InChI is InChI=1S/C21H17IN2O3S2/c1-2-26-13-27-16-8-9-17-18(12-16)29-21(23-17)24-20(25)14-5-3-6-15(11-14)22-19-7-4-10-28-19/h3-12H,2,13H2,1H3/p+1. The second kappa shape index (κ2) is 9.66. The molecular weight excluding hydrogens is 519 g/mol. The van der Waals surface area contributed by atoms with Crippen molar-refractivity contribution in [2.45, 2.75) is 6.92 Å². The summed E-state index contributed by atoms with van der Waals surface area (Å²) < 4.78 is 14.3. The maximum atomic E-state index is 12.7. The Kier molecular flexibility index (Phi) is 6.75. The van der Waals surface area contributed by atoms with Gasteiger partial charge in [0.1, 0.15) is 5.75 Å². The number of nitrogens with zero attached hydrogens (tertiary/aromatic N) is 1. The molecule has 0 saturated heterocycles. The molecule has 0 fully saturated rings. The molecule has 2 aromatic heterocycles. The molecule has 0 atom stereocenters. The molecule has 148 valence electrons. The van der Waals surface area contributed by atoms with Crippen LogP contribution >= 0.6 is 22.7 Å². The number of aromatic nitrogens is 1. The summed E-state index contributed by atoms with van der Waals surface area (Å²) in [5.74, 6) is 0.576. The van der Waals surface area contributed by atoms with E-state index in [0.29, 0.717) is 17.3 Å². The maximum Gasteiger partial charge on any atom is 0.369 e. The molecule has 0 aliphatic carbocycles. The first-order valence-electron chi connectivity index (χ1n) is 8.92. The van der Waals surface area contributed by atoms with E-state index in [1.165, 1.54) is 17.8 Å². The Morgan fingerprint density at radius 2 is 2.10 bits per heavy atom. The molecular formula is C21H18IN2O3S2+. The number of hydrogen-bond donors (Lipinski definition) is 1. The molecule has 0 radical (unpaired) electrons. The topological polar surface area (TPSA) is 60.5 Å². The Morgan fingerprint density at radius 1 is 1.17 bits per heavy atom. The molecule has 2 heterocycles. The van der Waals surface area contributed by atoms with Crippen molar-refractivity contribution in [2.24, 2.45) is 0 Å². The number of thiazole rings is 1. The molecule has 0 aliphatic rings. The zero-order valence-corrected chi connectivity index (χ0v) is 19.3. The van der Waals surface area contributed by atoms with E-state index >= 15 is 0 Å². The monoisotopic (exact) mass is 537 g/mol. The molecule has 4 aromatic rings. The minimum Gasteiger partial charge on any atom is -0.468 e. The van der Waals surface area contributed by atoms with E-state index in [-0.39, 0.29) is 33.9 Å². The summed E-state index contributed by atoms with van der Waals surface area (Å²) in [4.78, 5) is 17.2. The smallest absolute Gasteiger partial charge is 0.369 e. The quantitative estimate of drug-likeness (QED) is 0.213. The summed E-state index contributed by atoms with van der Waals surface area (Å²) in [6.07, 6.45) is 0. The van der Waals surface area contributed by atoms with Gasteiger partial charge >= 0.3 is 21.2 Å². The molecule has 5 nitrogen and oxygen atoms in total.